The summed E-state index contributed by atoms with van der Waals surface area (Å²) in [5, 5.41) is 0. The normalized spacial score (nSPS) is 17.2. The Kier molecular flexibility index (Phi) is 4.15. The molecule has 7 heteroatoms. The Hall–Kier alpha value is -0.660. The molecule has 1 saturated heterocycles. The lowest BCUT2D eigenvalue weighted by atomic mass is 10.4. The van der Waals surface area contributed by atoms with Gasteiger partial charge in [-0.15, -0.1) is 0 Å². The standard InChI is InChI=1S/C5H9NO.H2O4S/c1-6-4-2-3-5(6)7;1-5(2,3)4/h2-4H2,1H3;(H2,1,2,3,4). The largest absolute Gasteiger partial charge is 0.394 e. The molecule has 0 radical (unpaired) electrons. The van der Waals surface area contributed by atoms with E-state index in [0.29, 0.717) is 5.91 Å². The first-order valence-electron chi connectivity index (χ1n) is 3.24. The molecule has 2 N–H and O–H groups in total. The monoisotopic (exact) mass is 197 g/mol. The Morgan fingerprint density at radius 2 is 1.83 bits per heavy atom. The van der Waals surface area contributed by atoms with E-state index in [-0.39, 0.29) is 0 Å². The number of likely N-dealkylation sites (tertiary alicyclic amines) is 1. The maximum atomic E-state index is 10.5. The van der Waals surface area contributed by atoms with Gasteiger partial charge in [-0.3, -0.25) is 13.9 Å². The molecular formula is C5H11NO5S. The van der Waals surface area contributed by atoms with Gasteiger partial charge in [0, 0.05) is 20.0 Å². The quantitative estimate of drug-likeness (QED) is 0.514. The summed E-state index contributed by atoms with van der Waals surface area (Å²) in [5.74, 6) is 0.292. The lowest BCUT2D eigenvalue weighted by Gasteiger charge is -2.03. The summed E-state index contributed by atoms with van der Waals surface area (Å²) in [4.78, 5) is 12.3. The van der Waals surface area contributed by atoms with Crippen LogP contribution in [0, 0.1) is 0 Å². The third-order valence-electron chi connectivity index (χ3n) is 1.31. The van der Waals surface area contributed by atoms with Crippen LogP contribution in [0.15, 0.2) is 0 Å². The van der Waals surface area contributed by atoms with Crippen LogP contribution >= 0.6 is 0 Å². The minimum Gasteiger partial charge on any atom is -0.346 e. The lowest BCUT2D eigenvalue weighted by Crippen LogP contribution is -2.17. The van der Waals surface area contributed by atoms with Gasteiger partial charge in [-0.05, 0) is 6.42 Å². The summed E-state index contributed by atoms with van der Waals surface area (Å²) in [6.07, 6.45) is 1.81. The van der Waals surface area contributed by atoms with E-state index in [2.05, 4.69) is 0 Å². The van der Waals surface area contributed by atoms with Crippen molar-refractivity contribution in [1.29, 1.82) is 0 Å². The molecule has 1 aliphatic heterocycles. The minimum atomic E-state index is -4.67. The number of rotatable bonds is 0. The van der Waals surface area contributed by atoms with Gasteiger partial charge in [-0.1, -0.05) is 0 Å². The van der Waals surface area contributed by atoms with Crippen molar-refractivity contribution in [3.63, 3.8) is 0 Å². The number of carbonyl (C=O) groups excluding carboxylic acids is 1. The van der Waals surface area contributed by atoms with Crippen molar-refractivity contribution in [2.24, 2.45) is 0 Å². The van der Waals surface area contributed by atoms with Gasteiger partial charge >= 0.3 is 10.4 Å². The van der Waals surface area contributed by atoms with Crippen molar-refractivity contribution in [2.45, 2.75) is 12.8 Å². The Morgan fingerprint density at radius 3 is 1.92 bits per heavy atom. The highest BCUT2D eigenvalue weighted by Gasteiger charge is 2.14. The van der Waals surface area contributed by atoms with Crippen LogP contribution in [0.2, 0.25) is 0 Å². The predicted molar refractivity (Wildman–Crippen MR) is 41.0 cm³/mol. The van der Waals surface area contributed by atoms with Gasteiger partial charge in [0.05, 0.1) is 0 Å². The summed E-state index contributed by atoms with van der Waals surface area (Å²) in [5.41, 5.74) is 0. The Morgan fingerprint density at radius 1 is 1.42 bits per heavy atom. The summed E-state index contributed by atoms with van der Waals surface area (Å²) in [6, 6.07) is 0. The number of hydrogen-bond donors (Lipinski definition) is 2. The summed E-state index contributed by atoms with van der Waals surface area (Å²) in [6.45, 7) is 0.957. The van der Waals surface area contributed by atoms with E-state index >= 15 is 0 Å². The maximum absolute atomic E-state index is 10.5. The Balaban J connectivity index is 0.000000217. The predicted octanol–water partition coefficient (Wildman–Crippen LogP) is -0.414. The fourth-order valence-electron chi connectivity index (χ4n) is 0.783. The van der Waals surface area contributed by atoms with Crippen LogP contribution in [-0.4, -0.2) is 41.9 Å². The number of amides is 1. The fraction of sp³-hybridized carbons (Fsp3) is 0.800. The van der Waals surface area contributed by atoms with Crippen LogP contribution in [-0.2, 0) is 15.2 Å². The molecule has 1 heterocycles. The summed E-state index contributed by atoms with van der Waals surface area (Å²) < 4.78 is 31.6. The molecule has 0 aromatic rings. The molecular weight excluding hydrogens is 186 g/mol. The van der Waals surface area contributed by atoms with Gasteiger partial charge < -0.3 is 4.90 Å². The number of hydrogen-bond acceptors (Lipinski definition) is 3. The fourth-order valence-corrected chi connectivity index (χ4v) is 0.783. The SMILES string of the molecule is CN1CCCC1=O.O=S(=O)(O)O. The van der Waals surface area contributed by atoms with Gasteiger partial charge in [-0.2, -0.15) is 8.42 Å². The summed E-state index contributed by atoms with van der Waals surface area (Å²) in [7, 11) is -2.82. The van der Waals surface area contributed by atoms with Crippen molar-refractivity contribution < 1.29 is 22.3 Å². The van der Waals surface area contributed by atoms with Crippen LogP contribution in [0.3, 0.4) is 0 Å². The molecule has 0 saturated carbocycles. The molecule has 1 amide bonds. The molecule has 6 nitrogen and oxygen atoms in total. The molecule has 0 unspecified atom stereocenters. The van der Waals surface area contributed by atoms with E-state index in [1.54, 1.807) is 4.90 Å². The molecule has 0 aromatic carbocycles. The van der Waals surface area contributed by atoms with Crippen molar-refractivity contribution in [1.82, 2.24) is 4.90 Å². The zero-order chi connectivity index (χ0) is 9.78. The molecule has 0 spiro atoms. The first kappa shape index (κ1) is 11.3. The second-order valence-corrected chi connectivity index (χ2v) is 3.26. The third kappa shape index (κ3) is 7.45. The van der Waals surface area contributed by atoms with E-state index in [0.717, 1.165) is 19.4 Å². The molecule has 1 fully saturated rings. The second kappa shape index (κ2) is 4.39. The van der Waals surface area contributed by atoms with Gasteiger partial charge in [0.25, 0.3) is 0 Å². The van der Waals surface area contributed by atoms with Crippen molar-refractivity contribution in [3.8, 4) is 0 Å². The van der Waals surface area contributed by atoms with E-state index in [4.69, 9.17) is 17.5 Å². The summed E-state index contributed by atoms with van der Waals surface area (Å²) >= 11 is 0. The highest BCUT2D eigenvalue weighted by Crippen LogP contribution is 2.04. The van der Waals surface area contributed by atoms with Crippen LogP contribution in [0.5, 0.6) is 0 Å². The molecule has 72 valence electrons. The number of nitrogens with zero attached hydrogens (tertiary/aromatic N) is 1. The highest BCUT2D eigenvalue weighted by molar-refractivity contribution is 7.79. The van der Waals surface area contributed by atoms with Crippen LogP contribution in [0.4, 0.5) is 0 Å². The molecule has 12 heavy (non-hydrogen) atoms. The van der Waals surface area contributed by atoms with E-state index < -0.39 is 10.4 Å². The molecule has 0 aliphatic carbocycles. The van der Waals surface area contributed by atoms with Crippen LogP contribution < -0.4 is 0 Å². The van der Waals surface area contributed by atoms with Crippen molar-refractivity contribution >= 4 is 16.3 Å². The minimum absolute atomic E-state index is 0.292. The van der Waals surface area contributed by atoms with Gasteiger partial charge in [0.1, 0.15) is 0 Å². The average molecular weight is 197 g/mol. The molecule has 0 aromatic heterocycles. The van der Waals surface area contributed by atoms with E-state index in [1.807, 2.05) is 7.05 Å². The third-order valence-corrected chi connectivity index (χ3v) is 1.31. The topological polar surface area (TPSA) is 94.9 Å². The maximum Gasteiger partial charge on any atom is 0.394 e. The molecule has 0 atom stereocenters. The van der Waals surface area contributed by atoms with E-state index in [9.17, 15) is 4.79 Å². The number of carbonyl (C=O) groups is 1. The molecule has 1 aliphatic rings. The van der Waals surface area contributed by atoms with Crippen LogP contribution in [0.1, 0.15) is 12.8 Å². The zero-order valence-corrected chi connectivity index (χ0v) is 7.41. The van der Waals surface area contributed by atoms with Crippen LogP contribution in [0.25, 0.3) is 0 Å². The Bertz CT molecular complexity index is 239. The lowest BCUT2D eigenvalue weighted by molar-refractivity contribution is -0.126. The first-order valence-corrected chi connectivity index (χ1v) is 4.64. The van der Waals surface area contributed by atoms with Crippen molar-refractivity contribution in [2.75, 3.05) is 13.6 Å². The molecule has 1 rings (SSSR count). The van der Waals surface area contributed by atoms with Gasteiger partial charge in [0.15, 0.2) is 0 Å². The van der Waals surface area contributed by atoms with Crippen molar-refractivity contribution in [3.05, 3.63) is 0 Å². The zero-order valence-electron chi connectivity index (χ0n) is 6.60. The van der Waals surface area contributed by atoms with Gasteiger partial charge in [-0.25, -0.2) is 0 Å². The average Bonchev–Trinajstić information content (AvgIpc) is 2.12. The van der Waals surface area contributed by atoms with Gasteiger partial charge in [0.2, 0.25) is 5.91 Å². The highest BCUT2D eigenvalue weighted by atomic mass is 32.3. The van der Waals surface area contributed by atoms with E-state index in [1.165, 1.54) is 0 Å². The second-order valence-electron chi connectivity index (χ2n) is 2.37. The smallest absolute Gasteiger partial charge is 0.346 e. The first-order chi connectivity index (χ1) is 5.30. The Labute approximate surface area is 70.8 Å². The molecule has 0 bridgehead atoms.